The Labute approximate surface area is 133 Å². The summed E-state index contributed by atoms with van der Waals surface area (Å²) in [5.41, 5.74) is 6.52. The molecule has 0 bridgehead atoms. The molecule has 1 aliphatic heterocycles. The summed E-state index contributed by atoms with van der Waals surface area (Å²) in [4.78, 5) is 21.0. The Kier molecular flexibility index (Phi) is 5.47. The average Bonchev–Trinajstić information content (AvgIpc) is 2.59. The van der Waals surface area contributed by atoms with Crippen LogP contribution in [0.3, 0.4) is 0 Å². The molecule has 9 nitrogen and oxygen atoms in total. The van der Waals surface area contributed by atoms with Crippen molar-refractivity contribution in [2.45, 2.75) is 0 Å². The van der Waals surface area contributed by atoms with Crippen LogP contribution in [0.4, 0.5) is 11.5 Å². The zero-order valence-corrected chi connectivity index (χ0v) is 13.1. The zero-order chi connectivity index (χ0) is 16.8. The Morgan fingerprint density at radius 3 is 2.78 bits per heavy atom. The van der Waals surface area contributed by atoms with Gasteiger partial charge in [0.25, 0.3) is 5.88 Å². The van der Waals surface area contributed by atoms with Crippen molar-refractivity contribution < 1.29 is 14.4 Å². The highest BCUT2D eigenvalue weighted by atomic mass is 16.6. The molecule has 0 aromatic carbocycles. The third-order valence-electron chi connectivity index (χ3n) is 3.41. The summed E-state index contributed by atoms with van der Waals surface area (Å²) in [6.45, 7) is 2.37. The number of ether oxygens (including phenoxy) is 2. The van der Waals surface area contributed by atoms with Gasteiger partial charge in [0, 0.05) is 49.8 Å². The van der Waals surface area contributed by atoms with Crippen LogP contribution in [0.5, 0.6) is 5.88 Å². The first-order valence-electron chi connectivity index (χ1n) is 7.03. The highest BCUT2D eigenvalue weighted by molar-refractivity contribution is 6.11. The van der Waals surface area contributed by atoms with Crippen molar-refractivity contribution in [1.82, 2.24) is 4.98 Å². The maximum Gasteiger partial charge on any atom is 0.331 e. The number of allylic oxidation sites excluding steroid dienone is 1. The van der Waals surface area contributed by atoms with Crippen LogP contribution < -0.4 is 15.4 Å². The first-order valence-corrected chi connectivity index (χ1v) is 7.03. The minimum atomic E-state index is -0.532. The average molecular weight is 321 g/mol. The second-order valence-electron chi connectivity index (χ2n) is 4.75. The molecule has 1 fully saturated rings. The molecule has 0 amide bonds. The predicted octanol–water partition coefficient (Wildman–Crippen LogP) is 0.835. The second kappa shape index (κ2) is 7.54. The van der Waals surface area contributed by atoms with Gasteiger partial charge in [-0.1, -0.05) is 0 Å². The summed E-state index contributed by atoms with van der Waals surface area (Å²) in [5.74, 6) is 0.525. The van der Waals surface area contributed by atoms with Gasteiger partial charge in [-0.2, -0.15) is 4.98 Å². The van der Waals surface area contributed by atoms with E-state index in [0.29, 0.717) is 43.3 Å². The van der Waals surface area contributed by atoms with Crippen LogP contribution in [0, 0.1) is 10.1 Å². The van der Waals surface area contributed by atoms with Gasteiger partial charge < -0.3 is 20.1 Å². The molecule has 0 atom stereocenters. The van der Waals surface area contributed by atoms with Gasteiger partial charge in [0.15, 0.2) is 0 Å². The lowest BCUT2D eigenvalue weighted by atomic mass is 10.1. The molecule has 1 aromatic heterocycles. The third-order valence-corrected chi connectivity index (χ3v) is 3.41. The second-order valence-corrected chi connectivity index (χ2v) is 4.75. The van der Waals surface area contributed by atoms with Crippen molar-refractivity contribution in [2.75, 3.05) is 45.4 Å². The summed E-state index contributed by atoms with van der Waals surface area (Å²) in [5, 5.41) is 11.3. The number of rotatable bonds is 5. The van der Waals surface area contributed by atoms with E-state index in [1.54, 1.807) is 7.05 Å². The highest BCUT2D eigenvalue weighted by Crippen LogP contribution is 2.34. The first kappa shape index (κ1) is 16.7. The van der Waals surface area contributed by atoms with Crippen LogP contribution in [0.15, 0.2) is 17.3 Å². The quantitative estimate of drug-likeness (QED) is 0.485. The van der Waals surface area contributed by atoms with E-state index in [4.69, 9.17) is 15.2 Å². The fourth-order valence-corrected chi connectivity index (χ4v) is 2.33. The summed E-state index contributed by atoms with van der Waals surface area (Å²) in [6.07, 6.45) is 2.89. The number of pyridine rings is 1. The molecule has 0 radical (unpaired) electrons. The van der Waals surface area contributed by atoms with Gasteiger partial charge in [-0.3, -0.25) is 15.1 Å². The van der Waals surface area contributed by atoms with Crippen molar-refractivity contribution in [3.8, 4) is 5.88 Å². The maximum absolute atomic E-state index is 11.3. The number of nitrogens with zero attached hydrogens (tertiary/aromatic N) is 4. The molecule has 1 saturated heterocycles. The number of nitrogens with two attached hydrogens (primary N) is 1. The van der Waals surface area contributed by atoms with Crippen LogP contribution >= 0.6 is 0 Å². The van der Waals surface area contributed by atoms with Crippen molar-refractivity contribution in [3.05, 3.63) is 27.9 Å². The van der Waals surface area contributed by atoms with E-state index in [2.05, 4.69) is 9.98 Å². The number of aromatic nitrogens is 1. The lowest BCUT2D eigenvalue weighted by molar-refractivity contribution is -0.386. The minimum Gasteiger partial charge on any atom is -0.476 e. The van der Waals surface area contributed by atoms with E-state index in [-0.39, 0.29) is 11.6 Å². The zero-order valence-electron chi connectivity index (χ0n) is 13.1. The first-order chi connectivity index (χ1) is 11.1. The van der Waals surface area contributed by atoms with Crippen LogP contribution in [-0.4, -0.2) is 56.6 Å². The standard InChI is InChI=1S/C14H19N5O4/c1-16-9-10(8-15)11-7-12(19(20)21)14(22-2)17-13(11)18-3-5-23-6-4-18/h7-9H,3-6,15H2,1-2H3. The monoisotopic (exact) mass is 321 g/mol. The Morgan fingerprint density at radius 1 is 1.57 bits per heavy atom. The number of hydrogen-bond donors (Lipinski definition) is 1. The van der Waals surface area contributed by atoms with Crippen LogP contribution in [0.1, 0.15) is 5.56 Å². The number of anilines is 1. The highest BCUT2D eigenvalue weighted by Gasteiger charge is 2.26. The van der Waals surface area contributed by atoms with Gasteiger partial charge >= 0.3 is 5.69 Å². The van der Waals surface area contributed by atoms with E-state index in [1.165, 1.54) is 25.6 Å². The van der Waals surface area contributed by atoms with E-state index in [0.717, 1.165) is 0 Å². The lowest BCUT2D eigenvalue weighted by Gasteiger charge is -2.29. The molecule has 2 rings (SSSR count). The summed E-state index contributed by atoms with van der Waals surface area (Å²) in [6, 6.07) is 1.41. The van der Waals surface area contributed by atoms with Gasteiger partial charge in [-0.25, -0.2) is 0 Å². The third kappa shape index (κ3) is 3.57. The Hall–Kier alpha value is -2.68. The molecule has 0 aliphatic carbocycles. The van der Waals surface area contributed by atoms with Gasteiger partial charge in [0.1, 0.15) is 5.82 Å². The smallest absolute Gasteiger partial charge is 0.331 e. The molecular weight excluding hydrogens is 302 g/mol. The Morgan fingerprint density at radius 2 is 2.26 bits per heavy atom. The topological polar surface area (TPSA) is 116 Å². The molecule has 0 spiro atoms. The number of aliphatic imine (C=N–C) groups is 1. The van der Waals surface area contributed by atoms with Crippen LogP contribution in [-0.2, 0) is 4.74 Å². The number of nitro groups is 1. The molecule has 23 heavy (non-hydrogen) atoms. The van der Waals surface area contributed by atoms with E-state index in [1.807, 2.05) is 4.90 Å². The molecule has 2 heterocycles. The van der Waals surface area contributed by atoms with Crippen molar-refractivity contribution in [2.24, 2.45) is 10.7 Å². The molecule has 0 unspecified atom stereocenters. The van der Waals surface area contributed by atoms with Crippen molar-refractivity contribution >= 4 is 23.3 Å². The minimum absolute atomic E-state index is 0.0370. The fourth-order valence-electron chi connectivity index (χ4n) is 2.33. The fraction of sp³-hybridized carbons (Fsp3) is 0.429. The maximum atomic E-state index is 11.3. The van der Waals surface area contributed by atoms with Gasteiger partial charge in [-0.15, -0.1) is 0 Å². The van der Waals surface area contributed by atoms with Gasteiger partial charge in [0.2, 0.25) is 0 Å². The summed E-state index contributed by atoms with van der Waals surface area (Å²) < 4.78 is 10.4. The SMILES string of the molecule is CN=CC(=CN)c1cc([N+](=O)[O-])c(OC)nc1N1CCOCC1. The molecule has 124 valence electrons. The van der Waals surface area contributed by atoms with Crippen molar-refractivity contribution in [1.29, 1.82) is 0 Å². The van der Waals surface area contributed by atoms with Crippen LogP contribution in [0.2, 0.25) is 0 Å². The summed E-state index contributed by atoms with van der Waals surface area (Å²) in [7, 11) is 2.95. The Balaban J connectivity index is 2.63. The van der Waals surface area contributed by atoms with Gasteiger partial charge in [0.05, 0.1) is 25.2 Å². The molecule has 2 N–H and O–H groups in total. The van der Waals surface area contributed by atoms with Crippen molar-refractivity contribution in [3.63, 3.8) is 0 Å². The number of hydrogen-bond acceptors (Lipinski definition) is 8. The molecule has 1 aliphatic rings. The predicted molar refractivity (Wildman–Crippen MR) is 87.1 cm³/mol. The largest absolute Gasteiger partial charge is 0.476 e. The normalized spacial score (nSPS) is 15.9. The summed E-state index contributed by atoms with van der Waals surface area (Å²) >= 11 is 0. The molecule has 9 heteroatoms. The molecule has 0 saturated carbocycles. The van der Waals surface area contributed by atoms with E-state index in [9.17, 15) is 10.1 Å². The number of morpholine rings is 1. The van der Waals surface area contributed by atoms with E-state index < -0.39 is 4.92 Å². The molecule has 1 aromatic rings. The lowest BCUT2D eigenvalue weighted by Crippen LogP contribution is -2.37. The van der Waals surface area contributed by atoms with Crippen LogP contribution in [0.25, 0.3) is 5.57 Å². The Bertz CT molecular complexity index is 638. The molecular formula is C14H19N5O4. The van der Waals surface area contributed by atoms with E-state index >= 15 is 0 Å². The number of methoxy groups -OCH3 is 1. The van der Waals surface area contributed by atoms with Gasteiger partial charge in [-0.05, 0) is 0 Å².